The molecule has 2 N–H and O–H groups in total. The summed E-state index contributed by atoms with van der Waals surface area (Å²) < 4.78 is 33.3. The van der Waals surface area contributed by atoms with Gasteiger partial charge in [-0.3, -0.25) is 4.90 Å². The highest BCUT2D eigenvalue weighted by Crippen LogP contribution is 2.41. The zero-order chi connectivity index (χ0) is 18.1. The highest BCUT2D eigenvalue weighted by atomic mass is 32.2. The number of morpholine rings is 1. The molecule has 1 heterocycles. The molecule has 1 aromatic carbocycles. The van der Waals surface area contributed by atoms with E-state index in [4.69, 9.17) is 4.74 Å². The molecule has 1 aromatic rings. The van der Waals surface area contributed by atoms with Gasteiger partial charge >= 0.3 is 5.97 Å². The monoisotopic (exact) mass is 368 g/mol. The number of hydrogen-bond donors (Lipinski definition) is 2. The molecule has 0 radical (unpaired) electrons. The third kappa shape index (κ3) is 3.87. The van der Waals surface area contributed by atoms with Gasteiger partial charge < -0.3 is 9.84 Å². The number of carbonyl (C=O) groups is 1. The Hall–Kier alpha value is -1.48. The Balaban J connectivity index is 1.74. The highest BCUT2D eigenvalue weighted by molar-refractivity contribution is 7.89. The fourth-order valence-electron chi connectivity index (χ4n) is 3.33. The van der Waals surface area contributed by atoms with E-state index >= 15 is 0 Å². The number of rotatable bonds is 7. The molecule has 8 heteroatoms. The molecule has 2 aliphatic rings. The lowest BCUT2D eigenvalue weighted by atomic mass is 10.1. The quantitative estimate of drug-likeness (QED) is 0.748. The summed E-state index contributed by atoms with van der Waals surface area (Å²) in [5.74, 6) is -1.11. The summed E-state index contributed by atoms with van der Waals surface area (Å²) in [7, 11) is -3.74. The van der Waals surface area contributed by atoms with Crippen molar-refractivity contribution in [3.8, 4) is 0 Å². The van der Waals surface area contributed by atoms with Crippen LogP contribution < -0.4 is 4.72 Å². The first kappa shape index (κ1) is 18.3. The van der Waals surface area contributed by atoms with Gasteiger partial charge in [0.05, 0.1) is 23.7 Å². The molecule has 2 fully saturated rings. The summed E-state index contributed by atoms with van der Waals surface area (Å²) >= 11 is 0. The Bertz CT molecular complexity index is 752. The number of carboxylic acid groups (broad SMARTS) is 1. The van der Waals surface area contributed by atoms with Crippen LogP contribution in [0.15, 0.2) is 23.1 Å². The van der Waals surface area contributed by atoms with E-state index in [9.17, 15) is 18.3 Å². The highest BCUT2D eigenvalue weighted by Gasteiger charge is 2.48. The molecule has 1 saturated carbocycles. The summed E-state index contributed by atoms with van der Waals surface area (Å²) in [4.78, 5) is 13.7. The zero-order valence-corrected chi connectivity index (χ0v) is 15.1. The van der Waals surface area contributed by atoms with E-state index in [1.165, 1.54) is 12.1 Å². The van der Waals surface area contributed by atoms with Crippen molar-refractivity contribution < 1.29 is 23.1 Å². The van der Waals surface area contributed by atoms with Crippen LogP contribution in [0.5, 0.6) is 0 Å². The second-order valence-corrected chi connectivity index (χ2v) is 8.39. The first-order valence-electron chi connectivity index (χ1n) is 8.57. The maximum Gasteiger partial charge on any atom is 0.336 e. The van der Waals surface area contributed by atoms with E-state index in [1.807, 2.05) is 6.92 Å². The number of aryl methyl sites for hydroxylation is 1. The Morgan fingerprint density at radius 3 is 2.56 bits per heavy atom. The fourth-order valence-corrected chi connectivity index (χ4v) is 4.48. The zero-order valence-electron chi connectivity index (χ0n) is 14.3. The van der Waals surface area contributed by atoms with Gasteiger partial charge in [-0.1, -0.05) is 13.0 Å². The van der Waals surface area contributed by atoms with Crippen LogP contribution in [0.3, 0.4) is 0 Å². The van der Waals surface area contributed by atoms with Gasteiger partial charge in [-0.2, -0.15) is 0 Å². The van der Waals surface area contributed by atoms with Gasteiger partial charge in [-0.15, -0.1) is 0 Å². The topological polar surface area (TPSA) is 95.9 Å². The van der Waals surface area contributed by atoms with Crippen molar-refractivity contribution in [1.82, 2.24) is 9.62 Å². The van der Waals surface area contributed by atoms with Gasteiger partial charge in [0.2, 0.25) is 10.0 Å². The average Bonchev–Trinajstić information content (AvgIpc) is 3.41. The van der Waals surface area contributed by atoms with E-state index in [0.29, 0.717) is 31.7 Å². The van der Waals surface area contributed by atoms with E-state index in [1.54, 1.807) is 6.07 Å². The second kappa shape index (κ2) is 7.03. The first-order chi connectivity index (χ1) is 11.9. The molecule has 0 unspecified atom stereocenters. The maximum atomic E-state index is 12.6. The summed E-state index contributed by atoms with van der Waals surface area (Å²) in [6.07, 6.45) is 2.46. The average molecular weight is 368 g/mol. The Labute approximate surface area is 148 Å². The van der Waals surface area contributed by atoms with Gasteiger partial charge in [0.1, 0.15) is 0 Å². The van der Waals surface area contributed by atoms with Crippen LogP contribution in [0.4, 0.5) is 0 Å². The van der Waals surface area contributed by atoms with Crippen molar-refractivity contribution in [3.63, 3.8) is 0 Å². The molecule has 1 aliphatic carbocycles. The lowest BCUT2D eigenvalue weighted by Gasteiger charge is -2.34. The number of aromatic carboxylic acids is 1. The normalized spacial score (nSPS) is 20.4. The minimum absolute atomic E-state index is 0.000113. The summed E-state index contributed by atoms with van der Waals surface area (Å²) in [5, 5.41) is 9.29. The smallest absolute Gasteiger partial charge is 0.336 e. The Morgan fingerprint density at radius 2 is 2.00 bits per heavy atom. The molecule has 0 bridgehead atoms. The molecule has 7 nitrogen and oxygen atoms in total. The van der Waals surface area contributed by atoms with Gasteiger partial charge in [0.15, 0.2) is 0 Å². The minimum atomic E-state index is -3.74. The van der Waals surface area contributed by atoms with E-state index in [0.717, 1.165) is 25.9 Å². The lowest BCUT2D eigenvalue weighted by Crippen LogP contribution is -2.50. The Kier molecular flexibility index (Phi) is 5.15. The molecule has 3 rings (SSSR count). The largest absolute Gasteiger partial charge is 0.478 e. The van der Waals surface area contributed by atoms with Crippen LogP contribution >= 0.6 is 0 Å². The molecule has 1 aliphatic heterocycles. The predicted molar refractivity (Wildman–Crippen MR) is 92.3 cm³/mol. The van der Waals surface area contributed by atoms with Crippen molar-refractivity contribution in [2.24, 2.45) is 0 Å². The molecule has 0 aromatic heterocycles. The number of nitrogens with one attached hydrogen (secondary N) is 1. The van der Waals surface area contributed by atoms with Crippen LogP contribution in [0.25, 0.3) is 0 Å². The van der Waals surface area contributed by atoms with Gasteiger partial charge in [-0.05, 0) is 37.0 Å². The van der Waals surface area contributed by atoms with Crippen molar-refractivity contribution in [2.45, 2.75) is 36.6 Å². The number of nitrogens with zero attached hydrogens (tertiary/aromatic N) is 1. The summed E-state index contributed by atoms with van der Waals surface area (Å²) in [6.45, 7) is 5.16. The van der Waals surface area contributed by atoms with Crippen LogP contribution in [0.1, 0.15) is 35.7 Å². The van der Waals surface area contributed by atoms with E-state index in [2.05, 4.69) is 9.62 Å². The molecule has 0 amide bonds. The van der Waals surface area contributed by atoms with Gasteiger partial charge in [-0.25, -0.2) is 17.9 Å². The standard InChI is InChI=1S/C17H24N2O5S/c1-2-13-3-4-14(11-15(13)16(20)21)25(22,23)18-12-17(5-6-17)19-7-9-24-10-8-19/h3-4,11,18H,2,5-10,12H2,1H3,(H,20,21). The van der Waals surface area contributed by atoms with Gasteiger partial charge in [0, 0.05) is 25.2 Å². The summed E-state index contributed by atoms with van der Waals surface area (Å²) in [5.41, 5.74) is 0.550. The minimum Gasteiger partial charge on any atom is -0.478 e. The third-order valence-corrected chi connectivity index (χ3v) is 6.50. The van der Waals surface area contributed by atoms with Crippen LogP contribution in [0.2, 0.25) is 0 Å². The predicted octanol–water partition coefficient (Wildman–Crippen LogP) is 1.09. The number of carboxylic acids is 1. The summed E-state index contributed by atoms with van der Waals surface area (Å²) in [6, 6.07) is 4.30. The number of ether oxygens (including phenoxy) is 1. The molecular formula is C17H24N2O5S. The fraction of sp³-hybridized carbons (Fsp3) is 0.588. The SMILES string of the molecule is CCc1ccc(S(=O)(=O)NCC2(N3CCOCC3)CC2)cc1C(=O)O. The number of hydrogen-bond acceptors (Lipinski definition) is 5. The third-order valence-electron chi connectivity index (χ3n) is 5.10. The first-order valence-corrected chi connectivity index (χ1v) is 10.0. The van der Waals surface area contributed by atoms with Crippen molar-refractivity contribution in [3.05, 3.63) is 29.3 Å². The molecule has 25 heavy (non-hydrogen) atoms. The molecule has 138 valence electrons. The van der Waals surface area contributed by atoms with Crippen molar-refractivity contribution in [2.75, 3.05) is 32.8 Å². The van der Waals surface area contributed by atoms with E-state index in [-0.39, 0.29) is 16.0 Å². The maximum absolute atomic E-state index is 12.6. The number of benzene rings is 1. The molecule has 0 atom stereocenters. The van der Waals surface area contributed by atoms with Crippen LogP contribution in [-0.4, -0.2) is 62.8 Å². The van der Waals surface area contributed by atoms with Crippen LogP contribution in [-0.2, 0) is 21.2 Å². The Morgan fingerprint density at radius 1 is 1.32 bits per heavy atom. The second-order valence-electron chi connectivity index (χ2n) is 6.63. The molecule has 1 saturated heterocycles. The van der Waals surface area contributed by atoms with Crippen molar-refractivity contribution >= 4 is 16.0 Å². The van der Waals surface area contributed by atoms with Crippen molar-refractivity contribution in [1.29, 1.82) is 0 Å². The molecular weight excluding hydrogens is 344 g/mol. The lowest BCUT2D eigenvalue weighted by molar-refractivity contribution is 0.0108. The van der Waals surface area contributed by atoms with Crippen LogP contribution in [0, 0.1) is 0 Å². The van der Waals surface area contributed by atoms with Gasteiger partial charge in [0.25, 0.3) is 0 Å². The number of sulfonamides is 1. The molecule has 0 spiro atoms. The van der Waals surface area contributed by atoms with E-state index < -0.39 is 16.0 Å².